The van der Waals surface area contributed by atoms with Crippen molar-refractivity contribution in [3.63, 3.8) is 0 Å². The number of aryl methyl sites for hydroxylation is 1. The van der Waals surface area contributed by atoms with Gasteiger partial charge in [-0.3, -0.25) is 14.4 Å². The molecular weight excluding hydrogens is 543 g/mol. The molecule has 0 aromatic heterocycles. The Morgan fingerprint density at radius 1 is 0.881 bits per heavy atom. The second kappa shape index (κ2) is 11.8. The van der Waals surface area contributed by atoms with Crippen molar-refractivity contribution in [3.8, 4) is 0 Å². The molecule has 1 aliphatic rings. The van der Waals surface area contributed by atoms with Gasteiger partial charge >= 0.3 is 6.18 Å². The number of benzodiazepines with no additional fused rings is 1. The van der Waals surface area contributed by atoms with E-state index in [0.717, 1.165) is 17.7 Å². The number of nitrogens with zero attached hydrogens (tertiary/aromatic N) is 2. The molecule has 4 aromatic carbocycles. The number of fused-ring (bicyclic) bond motifs is 1. The van der Waals surface area contributed by atoms with E-state index in [9.17, 15) is 27.6 Å². The van der Waals surface area contributed by atoms with E-state index in [1.807, 2.05) is 36.4 Å². The Hall–Kier alpha value is -5.05. The average Bonchev–Trinajstić information content (AvgIpc) is 3.08. The number of amides is 2. The number of anilines is 1. The number of alkyl halides is 3. The average molecular weight is 570 g/mol. The summed E-state index contributed by atoms with van der Waals surface area (Å²) in [7, 11) is 0. The van der Waals surface area contributed by atoms with E-state index in [1.165, 1.54) is 17.0 Å². The van der Waals surface area contributed by atoms with Gasteiger partial charge in [0.25, 0.3) is 5.91 Å². The Labute approximate surface area is 240 Å². The van der Waals surface area contributed by atoms with Crippen LogP contribution in [0, 0.1) is 6.92 Å². The molecule has 4 aromatic rings. The molecule has 9 heteroatoms. The van der Waals surface area contributed by atoms with Gasteiger partial charge in [0.05, 0.1) is 29.9 Å². The molecule has 0 bridgehead atoms. The second-order valence-corrected chi connectivity index (χ2v) is 9.87. The fourth-order valence-corrected chi connectivity index (χ4v) is 4.87. The van der Waals surface area contributed by atoms with Gasteiger partial charge in [0.1, 0.15) is 0 Å². The zero-order valence-corrected chi connectivity index (χ0v) is 22.6. The Morgan fingerprint density at radius 3 is 2.31 bits per heavy atom. The zero-order chi connectivity index (χ0) is 29.9. The molecule has 2 amide bonds. The van der Waals surface area contributed by atoms with Gasteiger partial charge in [-0.25, -0.2) is 4.99 Å². The van der Waals surface area contributed by atoms with Gasteiger partial charge in [-0.15, -0.1) is 0 Å². The first-order valence-corrected chi connectivity index (χ1v) is 13.2. The minimum absolute atomic E-state index is 0.130. The Kier molecular flexibility index (Phi) is 8.01. The van der Waals surface area contributed by atoms with Gasteiger partial charge in [0.15, 0.2) is 5.78 Å². The number of halogens is 3. The van der Waals surface area contributed by atoms with Crippen molar-refractivity contribution in [1.82, 2.24) is 5.32 Å². The standard InChI is InChI=1S/C33H26F3N3O3/c1-21-10-5-6-15-25(21)28(40)20-39-27-17-8-7-16-26(27)30(23-12-3-2-4-13-23)38-31(32(39)42)37-29(41)19-22-11-9-14-24(18-22)33(34,35)36/h2-18,31H,19-20H2,1H3,(H,37,41). The summed E-state index contributed by atoms with van der Waals surface area (Å²) in [4.78, 5) is 46.5. The lowest BCUT2D eigenvalue weighted by Gasteiger charge is -2.25. The number of carbonyl (C=O) groups excluding carboxylic acids is 3. The molecule has 0 spiro atoms. The van der Waals surface area contributed by atoms with Crippen LogP contribution in [0.3, 0.4) is 0 Å². The van der Waals surface area contributed by atoms with Crippen LogP contribution < -0.4 is 10.2 Å². The van der Waals surface area contributed by atoms with Crippen LogP contribution in [0.15, 0.2) is 108 Å². The molecule has 1 aliphatic heterocycles. The highest BCUT2D eigenvalue weighted by Crippen LogP contribution is 2.30. The summed E-state index contributed by atoms with van der Waals surface area (Å²) < 4.78 is 39.6. The zero-order valence-electron chi connectivity index (χ0n) is 22.6. The van der Waals surface area contributed by atoms with Gasteiger partial charge in [-0.2, -0.15) is 13.2 Å². The largest absolute Gasteiger partial charge is 0.416 e. The Bertz CT molecular complexity index is 1680. The number of carbonyl (C=O) groups is 3. The van der Waals surface area contributed by atoms with Crippen molar-refractivity contribution in [2.45, 2.75) is 25.7 Å². The molecule has 0 saturated heterocycles. The summed E-state index contributed by atoms with van der Waals surface area (Å²) >= 11 is 0. The van der Waals surface area contributed by atoms with Gasteiger partial charge in [0, 0.05) is 16.7 Å². The van der Waals surface area contributed by atoms with Crippen molar-refractivity contribution < 1.29 is 27.6 Å². The number of rotatable bonds is 7. The third-order valence-electron chi connectivity index (χ3n) is 6.92. The maximum Gasteiger partial charge on any atom is 0.416 e. The van der Waals surface area contributed by atoms with Crippen LogP contribution in [0.4, 0.5) is 18.9 Å². The van der Waals surface area contributed by atoms with Crippen molar-refractivity contribution in [3.05, 3.63) is 137 Å². The number of hydrogen-bond donors (Lipinski definition) is 1. The van der Waals surface area contributed by atoms with E-state index in [-0.39, 0.29) is 17.9 Å². The highest BCUT2D eigenvalue weighted by molar-refractivity contribution is 6.21. The maximum absolute atomic E-state index is 14.0. The summed E-state index contributed by atoms with van der Waals surface area (Å²) in [5, 5.41) is 2.59. The molecule has 212 valence electrons. The first-order valence-electron chi connectivity index (χ1n) is 13.2. The van der Waals surface area contributed by atoms with Gasteiger partial charge in [-0.05, 0) is 30.2 Å². The summed E-state index contributed by atoms with van der Waals surface area (Å²) in [6.07, 6.45) is -6.40. The highest BCUT2D eigenvalue weighted by Gasteiger charge is 2.35. The van der Waals surface area contributed by atoms with E-state index in [4.69, 9.17) is 0 Å². The SMILES string of the molecule is Cc1ccccc1C(=O)CN1C(=O)C(NC(=O)Cc2cccc(C(F)(F)F)c2)N=C(c2ccccc2)c2ccccc21. The molecule has 0 saturated carbocycles. The predicted molar refractivity (Wildman–Crippen MR) is 153 cm³/mol. The smallest absolute Gasteiger partial charge is 0.326 e. The molecule has 1 N–H and O–H groups in total. The summed E-state index contributed by atoms with van der Waals surface area (Å²) in [5.41, 5.74) is 2.61. The molecule has 6 nitrogen and oxygen atoms in total. The predicted octanol–water partition coefficient (Wildman–Crippen LogP) is 5.77. The number of aliphatic imine (C=N–C) groups is 1. The first kappa shape index (κ1) is 28.5. The third kappa shape index (κ3) is 6.15. The molecule has 0 radical (unpaired) electrons. The van der Waals surface area contributed by atoms with Crippen LogP contribution in [0.25, 0.3) is 0 Å². The number of hydrogen-bond acceptors (Lipinski definition) is 4. The minimum atomic E-state index is -4.56. The fourth-order valence-electron chi connectivity index (χ4n) is 4.87. The van der Waals surface area contributed by atoms with Gasteiger partial charge in [0.2, 0.25) is 12.1 Å². The van der Waals surface area contributed by atoms with Gasteiger partial charge in [-0.1, -0.05) is 91.0 Å². The molecule has 0 fully saturated rings. The van der Waals surface area contributed by atoms with Crippen molar-refractivity contribution >= 4 is 29.0 Å². The van der Waals surface area contributed by atoms with E-state index in [0.29, 0.717) is 28.1 Å². The molecule has 1 heterocycles. The minimum Gasteiger partial charge on any atom is -0.326 e. The van der Waals surface area contributed by atoms with Crippen LogP contribution in [0.5, 0.6) is 0 Å². The lowest BCUT2D eigenvalue weighted by atomic mass is 9.99. The monoisotopic (exact) mass is 569 g/mol. The number of nitrogens with one attached hydrogen (secondary N) is 1. The number of ketones is 1. The maximum atomic E-state index is 14.0. The molecular formula is C33H26F3N3O3. The fraction of sp³-hybridized carbons (Fsp3) is 0.152. The molecule has 1 unspecified atom stereocenters. The number of Topliss-reactive ketones (excluding diaryl/α,β-unsaturated/α-hetero) is 1. The van der Waals surface area contributed by atoms with E-state index >= 15 is 0 Å². The van der Waals surface area contributed by atoms with Crippen LogP contribution in [0.2, 0.25) is 0 Å². The van der Waals surface area contributed by atoms with E-state index in [2.05, 4.69) is 10.3 Å². The Morgan fingerprint density at radius 2 is 1.57 bits per heavy atom. The summed E-state index contributed by atoms with van der Waals surface area (Å²) in [6, 6.07) is 27.6. The highest BCUT2D eigenvalue weighted by atomic mass is 19.4. The normalized spacial score (nSPS) is 15.0. The lowest BCUT2D eigenvalue weighted by molar-refractivity contribution is -0.137. The lowest BCUT2D eigenvalue weighted by Crippen LogP contribution is -2.49. The molecule has 0 aliphatic carbocycles. The van der Waals surface area contributed by atoms with E-state index < -0.39 is 36.1 Å². The van der Waals surface area contributed by atoms with E-state index in [1.54, 1.807) is 49.4 Å². The van der Waals surface area contributed by atoms with Gasteiger partial charge < -0.3 is 10.2 Å². The number of benzene rings is 4. The van der Waals surface area contributed by atoms with Crippen molar-refractivity contribution in [2.24, 2.45) is 4.99 Å². The van der Waals surface area contributed by atoms with Crippen molar-refractivity contribution in [2.75, 3.05) is 11.4 Å². The van der Waals surface area contributed by atoms with Crippen LogP contribution in [0.1, 0.15) is 38.2 Å². The Balaban J connectivity index is 1.52. The molecule has 1 atom stereocenters. The topological polar surface area (TPSA) is 78.8 Å². The second-order valence-electron chi connectivity index (χ2n) is 9.87. The quantitative estimate of drug-likeness (QED) is 0.287. The number of para-hydroxylation sites is 1. The molecule has 5 rings (SSSR count). The van der Waals surface area contributed by atoms with Crippen LogP contribution in [-0.4, -0.2) is 36.0 Å². The third-order valence-corrected chi connectivity index (χ3v) is 6.92. The van der Waals surface area contributed by atoms with Crippen LogP contribution >= 0.6 is 0 Å². The van der Waals surface area contributed by atoms with Crippen molar-refractivity contribution in [1.29, 1.82) is 0 Å². The summed E-state index contributed by atoms with van der Waals surface area (Å²) in [6.45, 7) is 1.50. The molecule has 42 heavy (non-hydrogen) atoms. The van der Waals surface area contributed by atoms with Crippen LogP contribution in [-0.2, 0) is 22.2 Å². The summed E-state index contributed by atoms with van der Waals surface area (Å²) in [5.74, 6) is -1.64. The first-order chi connectivity index (χ1) is 20.1.